The summed E-state index contributed by atoms with van der Waals surface area (Å²) in [6.07, 6.45) is 0. The highest BCUT2D eigenvalue weighted by molar-refractivity contribution is 8.01. The van der Waals surface area contributed by atoms with Crippen LogP contribution in [0.4, 0.5) is 5.69 Å². The highest BCUT2D eigenvalue weighted by atomic mass is 32.2. The predicted octanol–water partition coefficient (Wildman–Crippen LogP) is 3.81. The number of rotatable bonds is 5. The van der Waals surface area contributed by atoms with E-state index < -0.39 is 16.3 Å². The average molecular weight is 418 g/mol. The fourth-order valence-electron chi connectivity index (χ4n) is 2.57. The van der Waals surface area contributed by atoms with Crippen LogP contribution in [0.15, 0.2) is 34.2 Å². The lowest BCUT2D eigenvalue weighted by Gasteiger charge is -2.16. The summed E-state index contributed by atoms with van der Waals surface area (Å²) in [7, 11) is 0. The number of aryl methyl sites for hydroxylation is 2. The zero-order chi connectivity index (χ0) is 20.6. The SMILES string of the molecule is Cc1ccccc1NC(=O)c1sc2nc(SC(C)(C)C(=O)O)[nH]c(=O)c2c1C. The molecule has 0 atom stereocenters. The zero-order valence-electron chi connectivity index (χ0n) is 15.7. The van der Waals surface area contributed by atoms with Gasteiger partial charge in [0.1, 0.15) is 9.58 Å². The number of hydrogen-bond donors (Lipinski definition) is 3. The fourth-order valence-corrected chi connectivity index (χ4v) is 4.55. The number of para-hydroxylation sites is 1. The molecule has 0 aliphatic rings. The van der Waals surface area contributed by atoms with Gasteiger partial charge in [0.2, 0.25) is 0 Å². The van der Waals surface area contributed by atoms with Crippen molar-refractivity contribution in [2.24, 2.45) is 0 Å². The van der Waals surface area contributed by atoms with Crippen molar-refractivity contribution in [2.45, 2.75) is 37.6 Å². The van der Waals surface area contributed by atoms with Crippen LogP contribution >= 0.6 is 23.1 Å². The third kappa shape index (κ3) is 3.81. The number of aromatic amines is 1. The summed E-state index contributed by atoms with van der Waals surface area (Å²) >= 11 is 2.07. The lowest BCUT2D eigenvalue weighted by atomic mass is 10.2. The van der Waals surface area contributed by atoms with E-state index in [-0.39, 0.29) is 11.1 Å². The van der Waals surface area contributed by atoms with Crippen molar-refractivity contribution in [3.63, 3.8) is 0 Å². The normalized spacial score (nSPS) is 11.6. The minimum absolute atomic E-state index is 0.206. The standard InChI is InChI=1S/C19H19N3O4S2/c1-9-7-5-6-8-11(9)20-15(24)13-10(2)12-14(23)21-18(22-16(12)27-13)28-19(3,4)17(25)26/h5-8H,1-4H3,(H,20,24)(H,25,26)(H,21,22,23). The Hall–Kier alpha value is -2.65. The van der Waals surface area contributed by atoms with Crippen molar-refractivity contribution in [3.8, 4) is 0 Å². The van der Waals surface area contributed by atoms with Crippen LogP contribution in [0.25, 0.3) is 10.2 Å². The number of benzene rings is 1. The quantitative estimate of drug-likeness (QED) is 0.430. The van der Waals surface area contributed by atoms with Crippen LogP contribution < -0.4 is 10.9 Å². The van der Waals surface area contributed by atoms with Crippen LogP contribution in [0.3, 0.4) is 0 Å². The first kappa shape index (κ1) is 20.1. The van der Waals surface area contributed by atoms with Crippen molar-refractivity contribution in [2.75, 3.05) is 5.32 Å². The number of thiophene rings is 1. The molecule has 0 aliphatic heterocycles. The number of amides is 1. The maximum atomic E-state index is 12.7. The summed E-state index contributed by atoms with van der Waals surface area (Å²) in [6.45, 7) is 6.67. The molecule has 3 aromatic rings. The minimum atomic E-state index is -1.15. The van der Waals surface area contributed by atoms with Gasteiger partial charge in [0.15, 0.2) is 5.16 Å². The molecule has 2 heterocycles. The summed E-state index contributed by atoms with van der Waals surface area (Å²) in [5.41, 5.74) is 1.79. The number of anilines is 1. The summed E-state index contributed by atoms with van der Waals surface area (Å²) in [6, 6.07) is 7.42. The second-order valence-corrected chi connectivity index (χ2v) is 9.40. The van der Waals surface area contributed by atoms with E-state index in [4.69, 9.17) is 0 Å². The van der Waals surface area contributed by atoms with Gasteiger partial charge in [-0.15, -0.1) is 11.3 Å². The lowest BCUT2D eigenvalue weighted by molar-refractivity contribution is -0.138. The molecule has 1 aromatic carbocycles. The maximum absolute atomic E-state index is 12.7. The predicted molar refractivity (Wildman–Crippen MR) is 112 cm³/mol. The van der Waals surface area contributed by atoms with Gasteiger partial charge in [-0.25, -0.2) is 4.98 Å². The van der Waals surface area contributed by atoms with Crippen molar-refractivity contribution in [1.29, 1.82) is 0 Å². The van der Waals surface area contributed by atoms with Gasteiger partial charge in [0, 0.05) is 5.69 Å². The Balaban J connectivity index is 1.99. The number of aliphatic carboxylic acids is 1. The van der Waals surface area contributed by atoms with E-state index in [0.29, 0.717) is 26.3 Å². The van der Waals surface area contributed by atoms with Crippen molar-refractivity contribution in [1.82, 2.24) is 9.97 Å². The Bertz CT molecular complexity index is 1150. The van der Waals surface area contributed by atoms with E-state index in [1.165, 1.54) is 13.8 Å². The molecule has 0 fully saturated rings. The number of H-pyrrole nitrogens is 1. The van der Waals surface area contributed by atoms with Crippen LogP contribution in [0.1, 0.15) is 34.6 Å². The summed E-state index contributed by atoms with van der Waals surface area (Å²) in [5.74, 6) is -1.32. The Morgan fingerprint density at radius 2 is 1.93 bits per heavy atom. The molecule has 0 unspecified atom stereocenters. The molecule has 1 amide bonds. The number of aromatic nitrogens is 2. The highest BCUT2D eigenvalue weighted by Gasteiger charge is 2.30. The average Bonchev–Trinajstić information content (AvgIpc) is 2.93. The van der Waals surface area contributed by atoms with E-state index >= 15 is 0 Å². The van der Waals surface area contributed by atoms with Gasteiger partial charge in [-0.05, 0) is 44.9 Å². The molecular weight excluding hydrogens is 398 g/mol. The summed E-state index contributed by atoms with van der Waals surface area (Å²) < 4.78 is -1.15. The third-order valence-electron chi connectivity index (χ3n) is 4.25. The van der Waals surface area contributed by atoms with Gasteiger partial charge in [0.25, 0.3) is 11.5 Å². The number of fused-ring (bicyclic) bond motifs is 1. The fraction of sp³-hybridized carbons (Fsp3) is 0.263. The van der Waals surface area contributed by atoms with E-state index in [1.54, 1.807) is 6.92 Å². The number of carboxylic acids is 1. The smallest absolute Gasteiger partial charge is 0.319 e. The number of nitrogens with zero attached hydrogens (tertiary/aromatic N) is 1. The molecule has 0 bridgehead atoms. The number of carboxylic acid groups (broad SMARTS) is 1. The van der Waals surface area contributed by atoms with Gasteiger partial charge in [-0.1, -0.05) is 30.0 Å². The van der Waals surface area contributed by atoms with E-state index in [1.807, 2.05) is 31.2 Å². The van der Waals surface area contributed by atoms with Crippen LogP contribution in [-0.2, 0) is 4.79 Å². The van der Waals surface area contributed by atoms with Crippen LogP contribution in [0.5, 0.6) is 0 Å². The van der Waals surface area contributed by atoms with Crippen LogP contribution in [0, 0.1) is 13.8 Å². The minimum Gasteiger partial charge on any atom is -0.480 e. The molecule has 0 radical (unpaired) electrons. The first-order chi connectivity index (χ1) is 13.1. The number of nitrogens with one attached hydrogen (secondary N) is 2. The van der Waals surface area contributed by atoms with Crippen LogP contribution in [0.2, 0.25) is 0 Å². The number of thioether (sulfide) groups is 1. The molecule has 0 aliphatic carbocycles. The van der Waals surface area contributed by atoms with Gasteiger partial charge in [-0.2, -0.15) is 0 Å². The molecule has 3 rings (SSSR count). The van der Waals surface area contributed by atoms with Gasteiger partial charge in [0.05, 0.1) is 10.3 Å². The number of carbonyl (C=O) groups is 2. The van der Waals surface area contributed by atoms with E-state index in [9.17, 15) is 19.5 Å². The number of hydrogen-bond acceptors (Lipinski definition) is 6. The van der Waals surface area contributed by atoms with Gasteiger partial charge in [-0.3, -0.25) is 14.4 Å². The first-order valence-electron chi connectivity index (χ1n) is 8.43. The number of carbonyl (C=O) groups excluding carboxylic acids is 1. The molecule has 146 valence electrons. The van der Waals surface area contributed by atoms with Crippen molar-refractivity contribution in [3.05, 3.63) is 50.6 Å². The van der Waals surface area contributed by atoms with Crippen LogP contribution in [-0.4, -0.2) is 31.7 Å². The molecule has 0 saturated carbocycles. The monoisotopic (exact) mass is 417 g/mol. The first-order valence-corrected chi connectivity index (χ1v) is 10.1. The Morgan fingerprint density at radius 1 is 1.25 bits per heavy atom. The zero-order valence-corrected chi connectivity index (χ0v) is 17.4. The Labute approximate surface area is 169 Å². The molecule has 28 heavy (non-hydrogen) atoms. The molecule has 3 N–H and O–H groups in total. The second kappa shape index (κ2) is 7.40. The molecule has 2 aromatic heterocycles. The Morgan fingerprint density at radius 3 is 2.57 bits per heavy atom. The van der Waals surface area contributed by atoms with E-state index in [2.05, 4.69) is 15.3 Å². The lowest BCUT2D eigenvalue weighted by Crippen LogP contribution is -2.27. The second-order valence-electron chi connectivity index (χ2n) is 6.79. The van der Waals surface area contributed by atoms with Crippen molar-refractivity contribution < 1.29 is 14.7 Å². The summed E-state index contributed by atoms with van der Waals surface area (Å²) in [4.78, 5) is 44.4. The largest absolute Gasteiger partial charge is 0.480 e. The Kier molecular flexibility index (Phi) is 5.31. The van der Waals surface area contributed by atoms with Gasteiger partial charge < -0.3 is 15.4 Å². The van der Waals surface area contributed by atoms with Gasteiger partial charge >= 0.3 is 5.97 Å². The topological polar surface area (TPSA) is 112 Å². The summed E-state index contributed by atoms with van der Waals surface area (Å²) in [5, 5.41) is 12.7. The third-order valence-corrected chi connectivity index (χ3v) is 6.50. The molecular formula is C19H19N3O4S2. The molecule has 0 saturated heterocycles. The molecule has 7 nitrogen and oxygen atoms in total. The molecule has 0 spiro atoms. The van der Waals surface area contributed by atoms with E-state index in [0.717, 1.165) is 28.7 Å². The maximum Gasteiger partial charge on any atom is 0.319 e. The van der Waals surface area contributed by atoms with Crippen molar-refractivity contribution >= 4 is 50.9 Å². The molecule has 9 heteroatoms. The highest BCUT2D eigenvalue weighted by Crippen LogP contribution is 2.33.